The molecule has 0 spiro atoms. The second-order valence-electron chi connectivity index (χ2n) is 6.41. The van der Waals surface area contributed by atoms with E-state index in [4.69, 9.17) is 0 Å². The lowest BCUT2D eigenvalue weighted by molar-refractivity contribution is -0.137. The summed E-state index contributed by atoms with van der Waals surface area (Å²) in [5, 5.41) is 3.27. The van der Waals surface area contributed by atoms with Crippen molar-refractivity contribution in [3.05, 3.63) is 64.6 Å². The van der Waals surface area contributed by atoms with Crippen molar-refractivity contribution in [1.82, 2.24) is 14.7 Å². The molecular weight excluding hydrogens is 357 g/mol. The minimum atomic E-state index is -4.44. The molecule has 1 saturated heterocycles. The topological polar surface area (TPSA) is 49.6 Å². The second kappa shape index (κ2) is 6.70. The van der Waals surface area contributed by atoms with Crippen LogP contribution in [-0.4, -0.2) is 35.6 Å². The molecule has 8 heteroatoms. The van der Waals surface area contributed by atoms with Crippen LogP contribution < -0.4 is 15.8 Å². The van der Waals surface area contributed by atoms with Crippen molar-refractivity contribution in [2.45, 2.75) is 6.18 Å². The first-order chi connectivity index (χ1) is 12.9. The van der Waals surface area contributed by atoms with Crippen LogP contribution >= 0.6 is 0 Å². The fourth-order valence-corrected chi connectivity index (χ4v) is 3.20. The standard InChI is InChI=1S/C19H17F3N4O/c20-19(21,22)14-3-1-2-13(10-14)16-11-18(27)26-12-15(4-5-17(26)24-16)25-8-6-23-7-9-25/h1-5,10-12,23H,6-9H2. The Morgan fingerprint density at radius 3 is 2.56 bits per heavy atom. The van der Waals surface area contributed by atoms with Gasteiger partial charge in [-0.3, -0.25) is 9.20 Å². The van der Waals surface area contributed by atoms with Gasteiger partial charge < -0.3 is 10.2 Å². The van der Waals surface area contributed by atoms with Crippen LogP contribution in [0.1, 0.15) is 5.56 Å². The number of hydrogen-bond donors (Lipinski definition) is 1. The van der Waals surface area contributed by atoms with E-state index >= 15 is 0 Å². The zero-order valence-corrected chi connectivity index (χ0v) is 14.3. The Morgan fingerprint density at radius 2 is 1.81 bits per heavy atom. The van der Waals surface area contributed by atoms with Crippen molar-refractivity contribution in [3.63, 3.8) is 0 Å². The van der Waals surface area contributed by atoms with Crippen molar-refractivity contribution >= 4 is 11.3 Å². The van der Waals surface area contributed by atoms with E-state index < -0.39 is 11.7 Å². The number of rotatable bonds is 2. The summed E-state index contributed by atoms with van der Waals surface area (Å²) in [5.74, 6) is 0. The number of hydrogen-bond acceptors (Lipinski definition) is 4. The number of anilines is 1. The molecule has 0 saturated carbocycles. The van der Waals surface area contributed by atoms with E-state index in [2.05, 4.69) is 15.2 Å². The van der Waals surface area contributed by atoms with E-state index in [9.17, 15) is 18.0 Å². The van der Waals surface area contributed by atoms with Gasteiger partial charge in [-0.05, 0) is 24.3 Å². The van der Waals surface area contributed by atoms with E-state index in [1.54, 1.807) is 12.3 Å². The average molecular weight is 374 g/mol. The van der Waals surface area contributed by atoms with Crippen LogP contribution in [0.2, 0.25) is 0 Å². The van der Waals surface area contributed by atoms with Gasteiger partial charge in [0.2, 0.25) is 0 Å². The molecule has 0 unspecified atom stereocenters. The van der Waals surface area contributed by atoms with Crippen LogP contribution in [0.4, 0.5) is 18.9 Å². The summed E-state index contributed by atoms with van der Waals surface area (Å²) in [6.45, 7) is 3.44. The van der Waals surface area contributed by atoms with Crippen LogP contribution in [0.3, 0.4) is 0 Å². The van der Waals surface area contributed by atoms with E-state index in [1.807, 2.05) is 6.07 Å². The van der Waals surface area contributed by atoms with Crippen molar-refractivity contribution in [1.29, 1.82) is 0 Å². The van der Waals surface area contributed by atoms with Gasteiger partial charge in [0.25, 0.3) is 5.56 Å². The predicted molar refractivity (Wildman–Crippen MR) is 97.0 cm³/mol. The Bertz CT molecular complexity index is 1040. The first-order valence-corrected chi connectivity index (χ1v) is 8.58. The Labute approximate surface area is 153 Å². The molecule has 0 amide bonds. The fourth-order valence-electron chi connectivity index (χ4n) is 3.20. The zero-order valence-electron chi connectivity index (χ0n) is 14.3. The molecule has 1 aliphatic rings. The molecule has 1 N–H and O–H groups in total. The minimum absolute atomic E-state index is 0.223. The Hall–Kier alpha value is -2.87. The second-order valence-corrected chi connectivity index (χ2v) is 6.41. The molecule has 0 aliphatic carbocycles. The van der Waals surface area contributed by atoms with Crippen LogP contribution in [-0.2, 0) is 6.18 Å². The Balaban J connectivity index is 1.75. The minimum Gasteiger partial charge on any atom is -0.368 e. The van der Waals surface area contributed by atoms with Gasteiger partial charge in [0.15, 0.2) is 0 Å². The van der Waals surface area contributed by atoms with Crippen molar-refractivity contribution in [2.75, 3.05) is 31.1 Å². The first-order valence-electron chi connectivity index (χ1n) is 8.58. The Kier molecular flexibility index (Phi) is 4.35. The molecule has 3 heterocycles. The summed E-state index contributed by atoms with van der Waals surface area (Å²) in [4.78, 5) is 19.1. The highest BCUT2D eigenvalue weighted by Crippen LogP contribution is 2.31. The number of nitrogens with one attached hydrogen (secondary N) is 1. The average Bonchev–Trinajstić information content (AvgIpc) is 2.68. The summed E-state index contributed by atoms with van der Waals surface area (Å²) < 4.78 is 40.3. The van der Waals surface area contributed by atoms with Gasteiger partial charge in [0.05, 0.1) is 16.9 Å². The number of pyridine rings is 1. The maximum absolute atomic E-state index is 12.9. The third-order valence-electron chi connectivity index (χ3n) is 4.61. The summed E-state index contributed by atoms with van der Waals surface area (Å²) >= 11 is 0. The highest BCUT2D eigenvalue weighted by molar-refractivity contribution is 5.63. The Morgan fingerprint density at radius 1 is 1.04 bits per heavy atom. The summed E-state index contributed by atoms with van der Waals surface area (Å²) in [5.41, 5.74) is 0.700. The van der Waals surface area contributed by atoms with Gasteiger partial charge in [-0.15, -0.1) is 0 Å². The van der Waals surface area contributed by atoms with Gasteiger partial charge in [0, 0.05) is 44.0 Å². The normalized spacial score (nSPS) is 15.3. The van der Waals surface area contributed by atoms with Gasteiger partial charge in [0.1, 0.15) is 5.65 Å². The number of benzene rings is 1. The lowest BCUT2D eigenvalue weighted by Crippen LogP contribution is -2.43. The molecule has 0 bridgehead atoms. The first kappa shape index (κ1) is 17.5. The quantitative estimate of drug-likeness (QED) is 0.750. The highest BCUT2D eigenvalue weighted by Gasteiger charge is 2.30. The third-order valence-corrected chi connectivity index (χ3v) is 4.61. The van der Waals surface area contributed by atoms with Crippen LogP contribution in [0, 0.1) is 0 Å². The molecule has 0 atom stereocenters. The molecule has 27 heavy (non-hydrogen) atoms. The maximum atomic E-state index is 12.9. The monoisotopic (exact) mass is 374 g/mol. The number of nitrogens with zero attached hydrogens (tertiary/aromatic N) is 3. The molecule has 4 rings (SSSR count). The lowest BCUT2D eigenvalue weighted by atomic mass is 10.1. The number of fused-ring (bicyclic) bond motifs is 1. The molecule has 1 aromatic carbocycles. The predicted octanol–water partition coefficient (Wildman–Crippen LogP) is 2.79. The summed E-state index contributed by atoms with van der Waals surface area (Å²) in [7, 11) is 0. The smallest absolute Gasteiger partial charge is 0.368 e. The maximum Gasteiger partial charge on any atom is 0.416 e. The highest BCUT2D eigenvalue weighted by atomic mass is 19.4. The molecular formula is C19H17F3N4O. The molecule has 3 aromatic rings. The lowest BCUT2D eigenvalue weighted by Gasteiger charge is -2.29. The number of piperazine rings is 1. The SMILES string of the molecule is O=c1cc(-c2cccc(C(F)(F)F)c2)nc2ccc(N3CCNCC3)cn12. The zero-order chi connectivity index (χ0) is 19.0. The van der Waals surface area contributed by atoms with Crippen LogP contribution in [0.15, 0.2) is 53.5 Å². The largest absolute Gasteiger partial charge is 0.416 e. The molecule has 0 radical (unpaired) electrons. The number of alkyl halides is 3. The van der Waals surface area contributed by atoms with Crippen LogP contribution in [0.25, 0.3) is 16.9 Å². The molecule has 1 fully saturated rings. The van der Waals surface area contributed by atoms with E-state index in [1.165, 1.54) is 22.6 Å². The molecule has 1 aliphatic heterocycles. The van der Waals surface area contributed by atoms with E-state index in [-0.39, 0.29) is 16.8 Å². The van der Waals surface area contributed by atoms with Gasteiger partial charge in [-0.25, -0.2) is 4.98 Å². The van der Waals surface area contributed by atoms with E-state index in [0.717, 1.165) is 44.0 Å². The fraction of sp³-hybridized carbons (Fsp3) is 0.263. The van der Waals surface area contributed by atoms with Gasteiger partial charge in [-0.2, -0.15) is 13.2 Å². The molecule has 5 nitrogen and oxygen atoms in total. The van der Waals surface area contributed by atoms with Gasteiger partial charge in [-0.1, -0.05) is 12.1 Å². The molecule has 2 aromatic heterocycles. The summed E-state index contributed by atoms with van der Waals surface area (Å²) in [6.07, 6.45) is -2.72. The van der Waals surface area contributed by atoms with Crippen LogP contribution in [0.5, 0.6) is 0 Å². The third kappa shape index (κ3) is 3.52. The number of aromatic nitrogens is 2. The van der Waals surface area contributed by atoms with Crippen molar-refractivity contribution in [3.8, 4) is 11.3 Å². The van der Waals surface area contributed by atoms with E-state index in [0.29, 0.717) is 5.65 Å². The molecule has 140 valence electrons. The summed E-state index contributed by atoms with van der Waals surface area (Å²) in [6, 6.07) is 9.70. The van der Waals surface area contributed by atoms with Crippen molar-refractivity contribution in [2.24, 2.45) is 0 Å². The number of halogens is 3. The van der Waals surface area contributed by atoms with Crippen molar-refractivity contribution < 1.29 is 13.2 Å². The van der Waals surface area contributed by atoms with Gasteiger partial charge >= 0.3 is 6.18 Å².